The van der Waals surface area contributed by atoms with E-state index in [2.05, 4.69) is 0 Å². The van der Waals surface area contributed by atoms with Gasteiger partial charge >= 0.3 is 11.9 Å². The van der Waals surface area contributed by atoms with Gasteiger partial charge in [0.25, 0.3) is 0 Å². The fourth-order valence-electron chi connectivity index (χ4n) is 5.73. The van der Waals surface area contributed by atoms with E-state index in [1.54, 1.807) is 38.1 Å². The van der Waals surface area contributed by atoms with E-state index < -0.39 is 22.8 Å². The third-order valence-corrected chi connectivity index (χ3v) is 7.45. The van der Waals surface area contributed by atoms with E-state index in [4.69, 9.17) is 9.47 Å². The first kappa shape index (κ1) is 23.9. The van der Waals surface area contributed by atoms with Gasteiger partial charge in [0.05, 0.1) is 24.0 Å². The molecule has 0 N–H and O–H groups in total. The van der Waals surface area contributed by atoms with Crippen molar-refractivity contribution >= 4 is 23.5 Å². The Morgan fingerprint density at radius 3 is 1.47 bits per heavy atom. The molecule has 2 unspecified atom stereocenters. The molecule has 0 heterocycles. The average molecular weight is 463 g/mol. The van der Waals surface area contributed by atoms with Crippen LogP contribution >= 0.6 is 0 Å². The SMILES string of the molecule is CCOC(=O)C1(C2(C(=O)OCC)CCc3ccccc3C(=O)C2)CCc2ccccc2C(=O)C1. The van der Waals surface area contributed by atoms with Crippen molar-refractivity contribution in [3.63, 3.8) is 0 Å². The van der Waals surface area contributed by atoms with Crippen LogP contribution in [0.25, 0.3) is 0 Å². The summed E-state index contributed by atoms with van der Waals surface area (Å²) in [5.41, 5.74) is -0.250. The van der Waals surface area contributed by atoms with Crippen LogP contribution in [0.5, 0.6) is 0 Å². The molecule has 0 spiro atoms. The quantitative estimate of drug-likeness (QED) is 0.480. The molecule has 2 aromatic rings. The number of esters is 2. The Kier molecular flexibility index (Phi) is 6.69. The highest BCUT2D eigenvalue weighted by Crippen LogP contribution is 2.56. The van der Waals surface area contributed by atoms with Crippen molar-refractivity contribution in [2.45, 2.75) is 52.4 Å². The smallest absolute Gasteiger partial charge is 0.313 e. The number of rotatable bonds is 5. The first-order valence-electron chi connectivity index (χ1n) is 11.9. The summed E-state index contributed by atoms with van der Waals surface area (Å²) in [5.74, 6) is -1.66. The first-order valence-corrected chi connectivity index (χ1v) is 11.9. The van der Waals surface area contributed by atoms with Crippen LogP contribution in [0.4, 0.5) is 0 Å². The number of ketones is 2. The summed E-state index contributed by atoms with van der Waals surface area (Å²) < 4.78 is 11.1. The average Bonchev–Trinajstić information content (AvgIpc) is 3.09. The molecule has 0 radical (unpaired) electrons. The van der Waals surface area contributed by atoms with E-state index in [0.29, 0.717) is 24.0 Å². The van der Waals surface area contributed by atoms with Crippen molar-refractivity contribution < 1.29 is 28.7 Å². The van der Waals surface area contributed by atoms with Gasteiger partial charge in [0.15, 0.2) is 11.6 Å². The third-order valence-electron chi connectivity index (χ3n) is 7.45. The van der Waals surface area contributed by atoms with Gasteiger partial charge < -0.3 is 9.47 Å². The molecule has 34 heavy (non-hydrogen) atoms. The number of fused-ring (bicyclic) bond motifs is 2. The zero-order chi connectivity index (χ0) is 24.3. The zero-order valence-electron chi connectivity index (χ0n) is 19.7. The van der Waals surface area contributed by atoms with Gasteiger partial charge in [0.2, 0.25) is 0 Å². The predicted molar refractivity (Wildman–Crippen MR) is 126 cm³/mol. The van der Waals surface area contributed by atoms with Crippen molar-refractivity contribution in [1.82, 2.24) is 0 Å². The van der Waals surface area contributed by atoms with Gasteiger partial charge in [-0.1, -0.05) is 48.5 Å². The molecule has 0 bridgehead atoms. The van der Waals surface area contributed by atoms with Crippen LogP contribution < -0.4 is 0 Å². The number of benzene rings is 2. The molecule has 2 aliphatic carbocycles. The monoisotopic (exact) mass is 462 g/mol. The molecule has 0 saturated heterocycles. The number of ether oxygens (including phenoxy) is 2. The van der Waals surface area contributed by atoms with Gasteiger partial charge in [0.1, 0.15) is 0 Å². The lowest BCUT2D eigenvalue weighted by Gasteiger charge is -2.45. The normalized spacial score (nSPS) is 24.3. The maximum Gasteiger partial charge on any atom is 0.313 e. The minimum absolute atomic E-state index is 0.106. The fourth-order valence-corrected chi connectivity index (χ4v) is 5.73. The summed E-state index contributed by atoms with van der Waals surface area (Å²) in [7, 11) is 0. The van der Waals surface area contributed by atoms with Gasteiger partial charge in [0, 0.05) is 24.0 Å². The first-order chi connectivity index (χ1) is 16.4. The molecule has 0 aromatic heterocycles. The van der Waals surface area contributed by atoms with E-state index in [-0.39, 0.29) is 50.5 Å². The molecule has 4 rings (SSSR count). The Bertz CT molecular complexity index is 1050. The molecule has 2 atom stereocenters. The van der Waals surface area contributed by atoms with E-state index in [1.165, 1.54) is 0 Å². The molecular formula is C28H30O6. The van der Waals surface area contributed by atoms with Gasteiger partial charge in [-0.15, -0.1) is 0 Å². The molecule has 6 nitrogen and oxygen atoms in total. The number of hydrogen-bond donors (Lipinski definition) is 0. The lowest BCUT2D eigenvalue weighted by molar-refractivity contribution is -0.183. The number of carbonyl (C=O) groups is 4. The maximum absolute atomic E-state index is 13.8. The molecular weight excluding hydrogens is 432 g/mol. The van der Waals surface area contributed by atoms with E-state index in [1.807, 2.05) is 24.3 Å². The van der Waals surface area contributed by atoms with Crippen LogP contribution in [0.3, 0.4) is 0 Å². The number of Topliss-reactive ketones (excluding diaryl/α,β-unsaturated/α-hetero) is 2. The van der Waals surface area contributed by atoms with E-state index in [9.17, 15) is 19.2 Å². The Hall–Kier alpha value is -3.28. The Morgan fingerprint density at radius 2 is 1.09 bits per heavy atom. The van der Waals surface area contributed by atoms with Crippen LogP contribution in [0, 0.1) is 10.8 Å². The molecule has 6 heteroatoms. The number of hydrogen-bond acceptors (Lipinski definition) is 6. The summed E-state index contributed by atoms with van der Waals surface area (Å²) in [4.78, 5) is 54.6. The second kappa shape index (κ2) is 9.53. The topological polar surface area (TPSA) is 86.7 Å². The van der Waals surface area contributed by atoms with Crippen LogP contribution in [-0.4, -0.2) is 36.7 Å². The van der Waals surface area contributed by atoms with E-state index in [0.717, 1.165) is 11.1 Å². The van der Waals surface area contributed by atoms with Crippen molar-refractivity contribution in [3.05, 3.63) is 70.8 Å². The van der Waals surface area contributed by atoms with Crippen LogP contribution in [0.15, 0.2) is 48.5 Å². The van der Waals surface area contributed by atoms with Gasteiger partial charge in [-0.25, -0.2) is 0 Å². The summed E-state index contributed by atoms with van der Waals surface area (Å²) in [6, 6.07) is 14.6. The molecule has 0 saturated carbocycles. The fraction of sp³-hybridized carbons (Fsp3) is 0.429. The zero-order valence-corrected chi connectivity index (χ0v) is 19.7. The minimum Gasteiger partial charge on any atom is -0.466 e. The summed E-state index contributed by atoms with van der Waals surface area (Å²) in [6.07, 6.45) is 0.872. The highest BCUT2D eigenvalue weighted by Gasteiger charge is 2.64. The lowest BCUT2D eigenvalue weighted by atomic mass is 9.55. The van der Waals surface area contributed by atoms with Crippen LogP contribution in [0.2, 0.25) is 0 Å². The van der Waals surface area contributed by atoms with Crippen LogP contribution in [0.1, 0.15) is 71.4 Å². The second-order valence-corrected chi connectivity index (χ2v) is 9.12. The summed E-state index contributed by atoms with van der Waals surface area (Å²) >= 11 is 0. The standard InChI is InChI=1S/C28H30O6/c1-3-33-25(31)27(15-13-19-9-5-7-11-21(19)23(29)17-27)28(26(32)34-4-2)16-14-20-10-6-8-12-22(20)24(30)18-28/h5-12H,3-4,13-18H2,1-2H3. The van der Waals surface area contributed by atoms with Crippen molar-refractivity contribution in [1.29, 1.82) is 0 Å². The predicted octanol–water partition coefficient (Wildman–Crippen LogP) is 4.52. The lowest BCUT2D eigenvalue weighted by Crippen LogP contribution is -2.55. The Morgan fingerprint density at radius 1 is 0.706 bits per heavy atom. The van der Waals surface area contributed by atoms with E-state index >= 15 is 0 Å². The summed E-state index contributed by atoms with van der Waals surface area (Å²) in [5, 5.41) is 0. The molecule has 2 aliphatic rings. The molecule has 0 fully saturated rings. The molecule has 178 valence electrons. The molecule has 0 amide bonds. The van der Waals surface area contributed by atoms with Crippen molar-refractivity contribution in [2.75, 3.05) is 13.2 Å². The Labute approximate surface area is 199 Å². The number of carbonyl (C=O) groups excluding carboxylic acids is 4. The van der Waals surface area contributed by atoms with Gasteiger partial charge in [-0.3, -0.25) is 19.2 Å². The van der Waals surface area contributed by atoms with Gasteiger partial charge in [-0.2, -0.15) is 0 Å². The van der Waals surface area contributed by atoms with Gasteiger partial charge in [-0.05, 0) is 50.7 Å². The molecule has 0 aliphatic heterocycles. The van der Waals surface area contributed by atoms with Crippen molar-refractivity contribution in [3.8, 4) is 0 Å². The molecule has 2 aromatic carbocycles. The largest absolute Gasteiger partial charge is 0.466 e. The van der Waals surface area contributed by atoms with Crippen molar-refractivity contribution in [2.24, 2.45) is 10.8 Å². The summed E-state index contributed by atoms with van der Waals surface area (Å²) in [6.45, 7) is 3.61. The highest BCUT2D eigenvalue weighted by molar-refractivity contribution is 6.05. The third kappa shape index (κ3) is 3.85. The highest BCUT2D eigenvalue weighted by atomic mass is 16.5. The minimum atomic E-state index is -1.51. The van der Waals surface area contributed by atoms with Crippen LogP contribution in [-0.2, 0) is 31.9 Å². The number of aryl methyl sites for hydroxylation is 2. The second-order valence-electron chi connectivity index (χ2n) is 9.12. The maximum atomic E-state index is 13.8. The Balaban J connectivity index is 1.91.